The van der Waals surface area contributed by atoms with Gasteiger partial charge in [0, 0.05) is 0 Å². The van der Waals surface area contributed by atoms with E-state index in [0.717, 1.165) is 17.2 Å². The van der Waals surface area contributed by atoms with Crippen LogP contribution in [0.1, 0.15) is 29.7 Å². The van der Waals surface area contributed by atoms with Gasteiger partial charge in [0.1, 0.15) is 5.82 Å². The molecule has 3 aromatic carbocycles. The third-order valence-corrected chi connectivity index (χ3v) is 6.52. The predicted octanol–water partition coefficient (Wildman–Crippen LogP) is 5.40. The summed E-state index contributed by atoms with van der Waals surface area (Å²) in [7, 11) is -3.96. The fourth-order valence-electron chi connectivity index (χ4n) is 2.98. The lowest BCUT2D eigenvalue weighted by Crippen LogP contribution is -2.33. The Hall–Kier alpha value is -2.66. The summed E-state index contributed by atoms with van der Waals surface area (Å²) in [5.74, 6) is -0.535. The second-order valence-electron chi connectivity index (χ2n) is 6.63. The van der Waals surface area contributed by atoms with Gasteiger partial charge >= 0.3 is 0 Å². The lowest BCUT2D eigenvalue weighted by Gasteiger charge is -2.31. The van der Waals surface area contributed by atoms with Gasteiger partial charge in [0.25, 0.3) is 10.0 Å². The summed E-state index contributed by atoms with van der Waals surface area (Å²) in [6.45, 7) is 5.38. The molecule has 0 unspecified atom stereocenters. The van der Waals surface area contributed by atoms with Crippen LogP contribution in [0.25, 0.3) is 0 Å². The Labute approximate surface area is 160 Å². The van der Waals surface area contributed by atoms with E-state index in [1.165, 1.54) is 16.4 Å². The smallest absolute Gasteiger partial charge is 0.259 e. The molecule has 0 aliphatic heterocycles. The van der Waals surface area contributed by atoms with Crippen molar-refractivity contribution >= 4 is 15.7 Å². The summed E-state index contributed by atoms with van der Waals surface area (Å²) < 4.78 is 42.3. The van der Waals surface area contributed by atoms with Crippen LogP contribution in [0.2, 0.25) is 0 Å². The van der Waals surface area contributed by atoms with Crippen molar-refractivity contribution < 1.29 is 12.8 Å². The maximum absolute atomic E-state index is 14.1. The first-order valence-corrected chi connectivity index (χ1v) is 10.2. The van der Waals surface area contributed by atoms with Gasteiger partial charge in [-0.05, 0) is 56.2 Å². The molecule has 5 heteroatoms. The van der Waals surface area contributed by atoms with E-state index in [4.69, 9.17) is 0 Å². The lowest BCUT2D eigenvalue weighted by molar-refractivity contribution is 0.578. The molecule has 3 rings (SSSR count). The molecule has 0 fully saturated rings. The molecule has 0 N–H and O–H groups in total. The SMILES string of the molecule is Cc1ccc(N([C@@H](C)c2ccccc2)S(=O)(=O)c2ccc(C)c(F)c2)cc1. The first kappa shape index (κ1) is 19.1. The fraction of sp³-hybridized carbons (Fsp3) is 0.182. The zero-order chi connectivity index (χ0) is 19.6. The molecule has 3 nitrogen and oxygen atoms in total. The molecule has 0 saturated carbocycles. The first-order chi connectivity index (χ1) is 12.8. The minimum Gasteiger partial charge on any atom is -0.259 e. The van der Waals surface area contributed by atoms with Crippen LogP contribution in [0.15, 0.2) is 77.7 Å². The molecule has 0 amide bonds. The number of benzene rings is 3. The van der Waals surface area contributed by atoms with Gasteiger partial charge in [0.15, 0.2) is 0 Å². The highest BCUT2D eigenvalue weighted by atomic mass is 32.2. The Balaban J connectivity index is 2.16. The van der Waals surface area contributed by atoms with Crippen molar-refractivity contribution in [2.24, 2.45) is 0 Å². The van der Waals surface area contributed by atoms with Gasteiger partial charge < -0.3 is 0 Å². The number of rotatable bonds is 5. The number of hydrogen-bond acceptors (Lipinski definition) is 2. The molecule has 3 aromatic rings. The van der Waals surface area contributed by atoms with E-state index >= 15 is 0 Å². The summed E-state index contributed by atoms with van der Waals surface area (Å²) in [4.78, 5) is -0.0612. The van der Waals surface area contributed by atoms with Gasteiger partial charge in [-0.15, -0.1) is 0 Å². The van der Waals surface area contributed by atoms with Crippen molar-refractivity contribution in [3.05, 3.63) is 95.3 Å². The van der Waals surface area contributed by atoms with Gasteiger partial charge in [-0.2, -0.15) is 0 Å². The maximum Gasteiger partial charge on any atom is 0.264 e. The Morgan fingerprint density at radius 1 is 0.889 bits per heavy atom. The van der Waals surface area contributed by atoms with E-state index in [1.54, 1.807) is 19.1 Å². The Bertz CT molecular complexity index is 1030. The highest BCUT2D eigenvalue weighted by Crippen LogP contribution is 2.33. The Morgan fingerprint density at radius 2 is 1.52 bits per heavy atom. The average molecular weight is 383 g/mol. The van der Waals surface area contributed by atoms with Crippen LogP contribution in [0.4, 0.5) is 10.1 Å². The molecule has 0 spiro atoms. The highest BCUT2D eigenvalue weighted by molar-refractivity contribution is 7.92. The first-order valence-electron chi connectivity index (χ1n) is 8.73. The average Bonchev–Trinajstić information content (AvgIpc) is 2.66. The van der Waals surface area contributed by atoms with Crippen LogP contribution in [0.5, 0.6) is 0 Å². The molecule has 0 aromatic heterocycles. The second-order valence-corrected chi connectivity index (χ2v) is 8.45. The molecule has 1 atom stereocenters. The molecular weight excluding hydrogens is 361 g/mol. The molecule has 140 valence electrons. The van der Waals surface area contributed by atoms with Gasteiger partial charge in [-0.25, -0.2) is 12.8 Å². The van der Waals surface area contributed by atoms with Crippen molar-refractivity contribution in [1.82, 2.24) is 0 Å². The number of nitrogens with zero attached hydrogens (tertiary/aromatic N) is 1. The minimum atomic E-state index is -3.96. The molecule has 0 heterocycles. The summed E-state index contributed by atoms with van der Waals surface area (Å²) in [6.07, 6.45) is 0. The molecular formula is C22H22FNO2S. The Kier molecular flexibility index (Phi) is 5.33. The van der Waals surface area contributed by atoms with Crippen LogP contribution in [0.3, 0.4) is 0 Å². The number of anilines is 1. The monoisotopic (exact) mass is 383 g/mol. The van der Waals surface area contributed by atoms with Crippen molar-refractivity contribution in [3.63, 3.8) is 0 Å². The van der Waals surface area contributed by atoms with Crippen molar-refractivity contribution in [2.75, 3.05) is 4.31 Å². The summed E-state index contributed by atoms with van der Waals surface area (Å²) in [6, 6.07) is 20.3. The zero-order valence-corrected chi connectivity index (χ0v) is 16.4. The van der Waals surface area contributed by atoms with Crippen molar-refractivity contribution in [2.45, 2.75) is 31.7 Å². The second kappa shape index (κ2) is 7.53. The largest absolute Gasteiger partial charge is 0.264 e. The van der Waals surface area contributed by atoms with Gasteiger partial charge in [0.05, 0.1) is 16.6 Å². The molecule has 0 radical (unpaired) electrons. The molecule has 27 heavy (non-hydrogen) atoms. The fourth-order valence-corrected chi connectivity index (χ4v) is 4.63. The van der Waals surface area contributed by atoms with Crippen LogP contribution >= 0.6 is 0 Å². The van der Waals surface area contributed by atoms with E-state index in [0.29, 0.717) is 11.3 Å². The highest BCUT2D eigenvalue weighted by Gasteiger charge is 2.30. The topological polar surface area (TPSA) is 37.4 Å². The van der Waals surface area contributed by atoms with E-state index in [1.807, 2.05) is 56.3 Å². The predicted molar refractivity (Wildman–Crippen MR) is 107 cm³/mol. The zero-order valence-electron chi connectivity index (χ0n) is 15.6. The Morgan fingerprint density at radius 3 is 2.11 bits per heavy atom. The molecule has 0 bridgehead atoms. The quantitative estimate of drug-likeness (QED) is 0.592. The van der Waals surface area contributed by atoms with Crippen LogP contribution in [-0.4, -0.2) is 8.42 Å². The van der Waals surface area contributed by atoms with E-state index < -0.39 is 21.9 Å². The standard InChI is InChI=1S/C22H22FNO2S/c1-16-9-12-20(13-10-16)24(18(3)19-7-5-4-6-8-19)27(25,26)21-14-11-17(2)22(23)15-21/h4-15,18H,1-3H3/t18-/m0/s1. The van der Waals surface area contributed by atoms with Crippen LogP contribution < -0.4 is 4.31 Å². The minimum absolute atomic E-state index is 0.0612. The summed E-state index contributed by atoms with van der Waals surface area (Å²) in [5.41, 5.74) is 2.84. The van der Waals surface area contributed by atoms with Crippen LogP contribution in [-0.2, 0) is 10.0 Å². The molecule has 0 aliphatic carbocycles. The molecule has 0 aliphatic rings. The normalized spacial score (nSPS) is 12.6. The third kappa shape index (κ3) is 3.88. The maximum atomic E-state index is 14.1. The summed E-state index contributed by atoms with van der Waals surface area (Å²) >= 11 is 0. The summed E-state index contributed by atoms with van der Waals surface area (Å²) in [5, 5.41) is 0. The molecule has 0 saturated heterocycles. The van der Waals surface area contributed by atoms with Gasteiger partial charge in [-0.3, -0.25) is 4.31 Å². The third-order valence-electron chi connectivity index (χ3n) is 4.62. The van der Waals surface area contributed by atoms with E-state index in [-0.39, 0.29) is 4.90 Å². The number of hydrogen-bond donors (Lipinski definition) is 0. The van der Waals surface area contributed by atoms with Crippen molar-refractivity contribution in [1.29, 1.82) is 0 Å². The number of halogens is 1. The van der Waals surface area contributed by atoms with E-state index in [9.17, 15) is 12.8 Å². The van der Waals surface area contributed by atoms with Crippen molar-refractivity contribution in [3.8, 4) is 0 Å². The van der Waals surface area contributed by atoms with Crippen LogP contribution in [0, 0.1) is 19.7 Å². The number of aryl methyl sites for hydroxylation is 2. The number of sulfonamides is 1. The van der Waals surface area contributed by atoms with Gasteiger partial charge in [0.2, 0.25) is 0 Å². The van der Waals surface area contributed by atoms with Gasteiger partial charge in [-0.1, -0.05) is 54.1 Å². The lowest BCUT2D eigenvalue weighted by atomic mass is 10.1. The van der Waals surface area contributed by atoms with E-state index in [2.05, 4.69) is 0 Å².